The number of nitrogens with zero attached hydrogens (tertiary/aromatic N) is 2. The molecule has 1 N–H and O–H groups in total. The third-order valence-electron chi connectivity index (χ3n) is 5.95. The molecule has 2 aromatic carbocycles. The lowest BCUT2D eigenvalue weighted by atomic mass is 9.80. The maximum Gasteiger partial charge on any atom is 0.264 e. The molecule has 4 nitrogen and oxygen atoms in total. The van der Waals surface area contributed by atoms with Crippen LogP contribution in [0.1, 0.15) is 49.8 Å². The first-order chi connectivity index (χ1) is 14.1. The van der Waals surface area contributed by atoms with Gasteiger partial charge >= 0.3 is 0 Å². The number of anilines is 1. The lowest BCUT2D eigenvalue weighted by molar-refractivity contribution is -0.115. The first-order valence-corrected chi connectivity index (χ1v) is 11.3. The normalized spacial score (nSPS) is 23.1. The molecule has 0 bridgehead atoms. The quantitative estimate of drug-likeness (QED) is 0.561. The molecule has 2 heterocycles. The van der Waals surface area contributed by atoms with Crippen molar-refractivity contribution in [2.75, 3.05) is 11.9 Å². The van der Waals surface area contributed by atoms with Gasteiger partial charge in [0.25, 0.3) is 5.91 Å². The zero-order chi connectivity index (χ0) is 21.6. The number of carbonyl (C=O) groups is 1. The van der Waals surface area contributed by atoms with E-state index < -0.39 is 0 Å². The average Bonchev–Trinajstić information content (AvgIpc) is 3.01. The molecule has 30 heavy (non-hydrogen) atoms. The summed E-state index contributed by atoms with van der Waals surface area (Å²) in [5.41, 5.74) is 5.37. The molecule has 2 aromatic rings. The van der Waals surface area contributed by atoms with Crippen molar-refractivity contribution in [2.24, 2.45) is 4.99 Å². The van der Waals surface area contributed by atoms with Crippen LogP contribution in [-0.2, 0) is 4.79 Å². The number of aliphatic imine (C=N–C) groups is 1. The summed E-state index contributed by atoms with van der Waals surface area (Å²) in [5, 5.41) is 4.08. The van der Waals surface area contributed by atoms with Gasteiger partial charge in [-0.1, -0.05) is 36.2 Å². The topological polar surface area (TPSA) is 44.7 Å². The third kappa shape index (κ3) is 4.01. The highest BCUT2D eigenvalue weighted by Gasteiger charge is 2.34. The number of amidine groups is 1. The molecule has 0 radical (unpaired) electrons. The van der Waals surface area contributed by atoms with Crippen molar-refractivity contribution >= 4 is 51.9 Å². The summed E-state index contributed by atoms with van der Waals surface area (Å²) in [6, 6.07) is 12.0. The van der Waals surface area contributed by atoms with E-state index in [9.17, 15) is 4.79 Å². The number of thioether (sulfide) groups is 1. The fourth-order valence-corrected chi connectivity index (χ4v) is 5.12. The maximum atomic E-state index is 12.5. The molecule has 1 saturated heterocycles. The van der Waals surface area contributed by atoms with Crippen molar-refractivity contribution in [2.45, 2.75) is 45.6 Å². The van der Waals surface area contributed by atoms with Crippen LogP contribution in [0.3, 0.4) is 0 Å². The SMILES string of the molecule is Cc1ccc(N=C2NC(=O)/C(=C/c3cc4c(cc3Cl)N(C)C(C)(C)C[C@H]4C)S2)cc1. The number of carbonyl (C=O) groups excluding carboxylic acids is 1. The predicted molar refractivity (Wildman–Crippen MR) is 129 cm³/mol. The van der Waals surface area contributed by atoms with Crippen LogP contribution in [0, 0.1) is 6.92 Å². The van der Waals surface area contributed by atoms with Gasteiger partial charge < -0.3 is 10.2 Å². The molecular formula is C24H26ClN3OS. The number of hydrogen-bond acceptors (Lipinski definition) is 4. The Morgan fingerprint density at radius 2 is 1.97 bits per heavy atom. The van der Waals surface area contributed by atoms with E-state index in [-0.39, 0.29) is 11.4 Å². The van der Waals surface area contributed by atoms with Crippen LogP contribution in [0.5, 0.6) is 0 Å². The fourth-order valence-electron chi connectivity index (χ4n) is 4.07. The van der Waals surface area contributed by atoms with Gasteiger partial charge in [0, 0.05) is 23.3 Å². The zero-order valence-electron chi connectivity index (χ0n) is 17.9. The Hall–Kier alpha value is -2.24. The van der Waals surface area contributed by atoms with Crippen LogP contribution < -0.4 is 10.2 Å². The summed E-state index contributed by atoms with van der Waals surface area (Å²) < 4.78 is 0. The number of aryl methyl sites for hydroxylation is 1. The van der Waals surface area contributed by atoms with E-state index in [0.29, 0.717) is 21.0 Å². The van der Waals surface area contributed by atoms with Crippen molar-refractivity contribution < 1.29 is 4.79 Å². The molecule has 0 saturated carbocycles. The van der Waals surface area contributed by atoms with Crippen molar-refractivity contribution in [3.05, 3.63) is 63.0 Å². The third-order valence-corrected chi connectivity index (χ3v) is 7.19. The number of halogens is 1. The fraction of sp³-hybridized carbons (Fsp3) is 0.333. The van der Waals surface area contributed by atoms with E-state index in [1.165, 1.54) is 22.9 Å². The van der Waals surface area contributed by atoms with Gasteiger partial charge in [0.15, 0.2) is 5.17 Å². The second kappa shape index (κ2) is 7.78. The van der Waals surface area contributed by atoms with Crippen molar-refractivity contribution in [3.8, 4) is 0 Å². The highest BCUT2D eigenvalue weighted by Crippen LogP contribution is 2.45. The maximum absolute atomic E-state index is 12.5. The summed E-state index contributed by atoms with van der Waals surface area (Å²) in [6.45, 7) is 8.79. The molecule has 0 aromatic heterocycles. The summed E-state index contributed by atoms with van der Waals surface area (Å²) in [7, 11) is 2.12. The minimum Gasteiger partial charge on any atom is -0.369 e. The number of hydrogen-bond donors (Lipinski definition) is 1. The minimum absolute atomic E-state index is 0.0816. The van der Waals surface area contributed by atoms with E-state index >= 15 is 0 Å². The first-order valence-electron chi connectivity index (χ1n) is 10.1. The van der Waals surface area contributed by atoms with Crippen molar-refractivity contribution in [1.82, 2.24) is 5.32 Å². The summed E-state index contributed by atoms with van der Waals surface area (Å²) in [6.07, 6.45) is 2.93. The smallest absolute Gasteiger partial charge is 0.264 e. The summed E-state index contributed by atoms with van der Waals surface area (Å²) >= 11 is 7.97. The van der Waals surface area contributed by atoms with Gasteiger partial charge in [0.1, 0.15) is 0 Å². The van der Waals surface area contributed by atoms with Gasteiger partial charge in [-0.05, 0) is 86.3 Å². The second-order valence-corrected chi connectivity index (χ2v) is 10.2. The Morgan fingerprint density at radius 3 is 2.67 bits per heavy atom. The van der Waals surface area contributed by atoms with Gasteiger partial charge in [-0.2, -0.15) is 0 Å². The van der Waals surface area contributed by atoms with Crippen LogP contribution >= 0.6 is 23.4 Å². The molecule has 2 aliphatic heterocycles. The van der Waals surface area contributed by atoms with E-state index in [0.717, 1.165) is 23.4 Å². The van der Waals surface area contributed by atoms with Crippen LogP contribution in [0.2, 0.25) is 5.02 Å². The number of amides is 1. The summed E-state index contributed by atoms with van der Waals surface area (Å²) in [4.78, 5) is 19.9. The van der Waals surface area contributed by atoms with Gasteiger partial charge in [0.05, 0.1) is 10.6 Å². The molecule has 1 atom stereocenters. The number of fused-ring (bicyclic) bond motifs is 1. The van der Waals surface area contributed by atoms with Crippen LogP contribution in [-0.4, -0.2) is 23.7 Å². The van der Waals surface area contributed by atoms with Gasteiger partial charge in [-0.3, -0.25) is 4.79 Å². The number of benzene rings is 2. The Balaban J connectivity index is 1.64. The van der Waals surface area contributed by atoms with Crippen LogP contribution in [0.4, 0.5) is 11.4 Å². The van der Waals surface area contributed by atoms with Gasteiger partial charge in [-0.15, -0.1) is 0 Å². The van der Waals surface area contributed by atoms with Gasteiger partial charge in [-0.25, -0.2) is 4.99 Å². The molecule has 156 valence electrons. The van der Waals surface area contributed by atoms with Crippen molar-refractivity contribution in [1.29, 1.82) is 0 Å². The Labute approximate surface area is 187 Å². The van der Waals surface area contributed by atoms with E-state index in [1.807, 2.05) is 43.3 Å². The lowest BCUT2D eigenvalue weighted by Gasteiger charge is -2.45. The molecule has 6 heteroatoms. The average molecular weight is 440 g/mol. The standard InChI is InChI=1S/C24H26ClN3OS/c1-14-6-8-17(9-7-14)26-23-27-22(29)21(30-23)11-16-10-18-15(2)13-24(3,4)28(5)20(18)12-19(16)25/h6-12,15H,13H2,1-5H3,(H,26,27,29)/b21-11-/t15-/m1/s1. The molecular weight excluding hydrogens is 414 g/mol. The second-order valence-electron chi connectivity index (χ2n) is 8.73. The Bertz CT molecular complexity index is 1070. The zero-order valence-corrected chi connectivity index (χ0v) is 19.5. The molecule has 1 fully saturated rings. The minimum atomic E-state index is -0.147. The Kier molecular flexibility index (Phi) is 5.45. The number of rotatable bonds is 2. The van der Waals surface area contributed by atoms with Crippen molar-refractivity contribution in [3.63, 3.8) is 0 Å². The molecule has 0 unspecified atom stereocenters. The summed E-state index contributed by atoms with van der Waals surface area (Å²) in [5.74, 6) is 0.273. The molecule has 1 amide bonds. The molecule has 0 spiro atoms. The molecule has 2 aliphatic rings. The highest BCUT2D eigenvalue weighted by molar-refractivity contribution is 8.18. The van der Waals surface area contributed by atoms with Crippen LogP contribution in [0.15, 0.2) is 46.3 Å². The highest BCUT2D eigenvalue weighted by atomic mass is 35.5. The lowest BCUT2D eigenvalue weighted by Crippen LogP contribution is -2.45. The van der Waals surface area contributed by atoms with E-state index in [2.05, 4.69) is 49.1 Å². The first kappa shape index (κ1) is 21.0. The largest absolute Gasteiger partial charge is 0.369 e. The van der Waals surface area contributed by atoms with E-state index in [4.69, 9.17) is 11.6 Å². The van der Waals surface area contributed by atoms with E-state index in [1.54, 1.807) is 0 Å². The molecule has 4 rings (SSSR count). The van der Waals surface area contributed by atoms with Crippen LogP contribution in [0.25, 0.3) is 6.08 Å². The molecule has 0 aliphatic carbocycles. The number of nitrogens with one attached hydrogen (secondary N) is 1. The predicted octanol–water partition coefficient (Wildman–Crippen LogP) is 6.26. The Morgan fingerprint density at radius 1 is 1.27 bits per heavy atom. The monoisotopic (exact) mass is 439 g/mol. The van der Waals surface area contributed by atoms with Gasteiger partial charge in [0.2, 0.25) is 0 Å².